The molecular weight excluding hydrogens is 455 g/mol. The van der Waals surface area contributed by atoms with Crippen molar-refractivity contribution >= 4 is 64.2 Å². The summed E-state index contributed by atoms with van der Waals surface area (Å²) in [6.07, 6.45) is 1.71. The Morgan fingerprint density at radius 2 is 1.97 bits per heavy atom. The van der Waals surface area contributed by atoms with Gasteiger partial charge in [0.2, 0.25) is 0 Å². The van der Waals surface area contributed by atoms with Gasteiger partial charge < -0.3 is 15.4 Å². The summed E-state index contributed by atoms with van der Waals surface area (Å²) in [5.41, 5.74) is 4.90. The van der Waals surface area contributed by atoms with Crippen LogP contribution in [0, 0.1) is 13.8 Å². The molecule has 5 nitrogen and oxygen atoms in total. The van der Waals surface area contributed by atoms with Crippen LogP contribution in [0.4, 0.5) is 5.69 Å². The molecule has 3 aromatic rings. The van der Waals surface area contributed by atoms with Gasteiger partial charge in [-0.15, -0.1) is 11.8 Å². The Balaban J connectivity index is 1.65. The van der Waals surface area contributed by atoms with Crippen LogP contribution in [-0.2, 0) is 10.5 Å². The number of carbonyl (C=O) groups is 2. The molecule has 8 heteroatoms. The number of halogens is 2. The summed E-state index contributed by atoms with van der Waals surface area (Å²) in [6, 6.07) is 11.3. The van der Waals surface area contributed by atoms with Crippen LogP contribution in [0.2, 0.25) is 10.0 Å². The third-order valence-corrected chi connectivity index (χ3v) is 7.08. The predicted octanol–water partition coefficient (Wildman–Crippen LogP) is 6.42. The number of hydrogen-bond donors (Lipinski definition) is 3. The van der Waals surface area contributed by atoms with Crippen LogP contribution in [0.25, 0.3) is 11.6 Å². The van der Waals surface area contributed by atoms with Gasteiger partial charge in [0.05, 0.1) is 21.2 Å². The molecule has 0 unspecified atom stereocenters. The van der Waals surface area contributed by atoms with E-state index in [1.165, 1.54) is 0 Å². The lowest BCUT2D eigenvalue weighted by atomic mass is 10.0. The van der Waals surface area contributed by atoms with E-state index in [-0.39, 0.29) is 11.5 Å². The number of aromatic amines is 1. The molecule has 0 radical (unpaired) electrons. The standard InChI is InChI=1S/C23H18Cl2N2O3S/c1-11-19(26-12(2)20(11)23(29)30)9-16-15-8-14(6-7-18(15)27-22(16)28)31-10-13-4-3-5-17(24)21(13)25/h3-9,26H,10H2,1-2H3,(H,27,28)(H,29,30)/b16-9-. The third-order valence-electron chi connectivity index (χ3n) is 5.18. The smallest absolute Gasteiger partial charge is 0.337 e. The van der Waals surface area contributed by atoms with Gasteiger partial charge >= 0.3 is 5.97 Å². The molecule has 3 N–H and O–H groups in total. The molecule has 1 amide bonds. The maximum atomic E-state index is 12.6. The van der Waals surface area contributed by atoms with Gasteiger partial charge in [0.15, 0.2) is 0 Å². The van der Waals surface area contributed by atoms with E-state index in [4.69, 9.17) is 23.2 Å². The number of carboxylic acid groups (broad SMARTS) is 1. The summed E-state index contributed by atoms with van der Waals surface area (Å²) in [6.45, 7) is 3.44. The zero-order valence-electron chi connectivity index (χ0n) is 16.7. The van der Waals surface area contributed by atoms with E-state index < -0.39 is 5.97 Å². The molecule has 2 heterocycles. The number of nitrogens with one attached hydrogen (secondary N) is 2. The first-order chi connectivity index (χ1) is 14.8. The fraction of sp³-hybridized carbons (Fsp3) is 0.130. The van der Waals surface area contributed by atoms with Gasteiger partial charge in [-0.1, -0.05) is 35.3 Å². The number of amides is 1. The summed E-state index contributed by atoms with van der Waals surface area (Å²) >= 11 is 14.0. The van der Waals surface area contributed by atoms with E-state index in [1.54, 1.807) is 37.8 Å². The first kappa shape index (κ1) is 21.6. The van der Waals surface area contributed by atoms with Crippen molar-refractivity contribution < 1.29 is 14.7 Å². The van der Waals surface area contributed by atoms with Crippen molar-refractivity contribution in [2.75, 3.05) is 5.32 Å². The van der Waals surface area contributed by atoms with Gasteiger partial charge in [-0.05, 0) is 55.3 Å². The Kier molecular flexibility index (Phi) is 5.88. The number of carbonyl (C=O) groups excluding carboxylic acids is 1. The van der Waals surface area contributed by atoms with Crippen molar-refractivity contribution in [3.05, 3.63) is 80.1 Å². The molecule has 0 saturated carbocycles. The van der Waals surface area contributed by atoms with Crippen molar-refractivity contribution in [2.45, 2.75) is 24.5 Å². The number of aromatic carboxylic acids is 1. The lowest BCUT2D eigenvalue weighted by Crippen LogP contribution is -2.03. The number of aromatic nitrogens is 1. The molecule has 1 aliphatic heterocycles. The normalized spacial score (nSPS) is 14.1. The Morgan fingerprint density at radius 3 is 2.68 bits per heavy atom. The van der Waals surface area contributed by atoms with Gasteiger partial charge in [-0.3, -0.25) is 4.79 Å². The number of thioether (sulfide) groups is 1. The average Bonchev–Trinajstić information content (AvgIpc) is 3.18. The monoisotopic (exact) mass is 472 g/mol. The molecule has 0 bridgehead atoms. The number of rotatable bonds is 5. The third kappa shape index (κ3) is 4.11. The number of aryl methyl sites for hydroxylation is 1. The molecular formula is C23H18Cl2N2O3S. The van der Waals surface area contributed by atoms with Crippen LogP contribution in [0.15, 0.2) is 41.3 Å². The number of hydrogen-bond acceptors (Lipinski definition) is 3. The predicted molar refractivity (Wildman–Crippen MR) is 126 cm³/mol. The van der Waals surface area contributed by atoms with Gasteiger partial charge in [0.25, 0.3) is 5.91 Å². The first-order valence-electron chi connectivity index (χ1n) is 9.42. The van der Waals surface area contributed by atoms with Crippen LogP contribution < -0.4 is 5.32 Å². The second-order valence-electron chi connectivity index (χ2n) is 7.19. The highest BCUT2D eigenvalue weighted by Gasteiger charge is 2.26. The number of H-pyrrole nitrogens is 1. The Bertz CT molecular complexity index is 1260. The molecule has 0 fully saturated rings. The number of anilines is 1. The summed E-state index contributed by atoms with van der Waals surface area (Å²) in [5.74, 6) is -0.584. The van der Waals surface area contributed by atoms with Crippen LogP contribution in [0.3, 0.4) is 0 Å². The molecule has 0 saturated heterocycles. The molecule has 31 heavy (non-hydrogen) atoms. The van der Waals surface area contributed by atoms with Gasteiger partial charge in [-0.25, -0.2) is 4.79 Å². The molecule has 2 aromatic carbocycles. The number of carboxylic acids is 1. The average molecular weight is 473 g/mol. The molecule has 4 rings (SSSR count). The minimum absolute atomic E-state index is 0.224. The molecule has 158 valence electrons. The Morgan fingerprint density at radius 1 is 1.19 bits per heavy atom. The van der Waals surface area contributed by atoms with Crippen molar-refractivity contribution in [1.29, 1.82) is 0 Å². The van der Waals surface area contributed by atoms with Crippen LogP contribution >= 0.6 is 35.0 Å². The zero-order valence-corrected chi connectivity index (χ0v) is 19.0. The highest BCUT2D eigenvalue weighted by Crippen LogP contribution is 2.38. The van der Waals surface area contributed by atoms with E-state index in [1.807, 2.05) is 30.3 Å². The summed E-state index contributed by atoms with van der Waals surface area (Å²) in [7, 11) is 0. The van der Waals surface area contributed by atoms with Crippen molar-refractivity contribution in [3.8, 4) is 0 Å². The topological polar surface area (TPSA) is 82.2 Å². The van der Waals surface area contributed by atoms with Crippen molar-refractivity contribution in [3.63, 3.8) is 0 Å². The Hall–Kier alpha value is -2.67. The fourth-order valence-corrected chi connectivity index (χ4v) is 5.00. The molecule has 0 aliphatic carbocycles. The second-order valence-corrected chi connectivity index (χ2v) is 9.02. The van der Waals surface area contributed by atoms with Crippen molar-refractivity contribution in [1.82, 2.24) is 4.98 Å². The molecule has 1 aromatic heterocycles. The lowest BCUT2D eigenvalue weighted by Gasteiger charge is -2.07. The van der Waals surface area contributed by atoms with Crippen LogP contribution in [0.5, 0.6) is 0 Å². The SMILES string of the molecule is Cc1[nH]c(/C=C2\C(=O)Nc3ccc(SCc4cccc(Cl)c4Cl)cc32)c(C)c1C(=O)O. The lowest BCUT2D eigenvalue weighted by molar-refractivity contribution is -0.110. The maximum absolute atomic E-state index is 12.6. The van der Waals surface area contributed by atoms with Gasteiger partial charge in [0.1, 0.15) is 0 Å². The highest BCUT2D eigenvalue weighted by molar-refractivity contribution is 7.98. The largest absolute Gasteiger partial charge is 0.478 e. The van der Waals surface area contributed by atoms with E-state index in [2.05, 4.69) is 10.3 Å². The van der Waals surface area contributed by atoms with Crippen LogP contribution in [0.1, 0.15) is 38.4 Å². The summed E-state index contributed by atoms with van der Waals surface area (Å²) in [5, 5.41) is 13.3. The van der Waals surface area contributed by atoms with Gasteiger partial charge in [-0.2, -0.15) is 0 Å². The number of fused-ring (bicyclic) bond motifs is 1. The minimum Gasteiger partial charge on any atom is -0.478 e. The minimum atomic E-state index is -0.995. The number of benzene rings is 2. The van der Waals surface area contributed by atoms with E-state index in [0.29, 0.717) is 38.3 Å². The second kappa shape index (κ2) is 8.46. The van der Waals surface area contributed by atoms with E-state index in [0.717, 1.165) is 21.7 Å². The van der Waals surface area contributed by atoms with Crippen LogP contribution in [-0.4, -0.2) is 22.0 Å². The highest BCUT2D eigenvalue weighted by atomic mass is 35.5. The van der Waals surface area contributed by atoms with E-state index in [9.17, 15) is 14.7 Å². The van der Waals surface area contributed by atoms with E-state index >= 15 is 0 Å². The Labute approximate surface area is 193 Å². The molecule has 0 atom stereocenters. The first-order valence-corrected chi connectivity index (χ1v) is 11.2. The molecule has 0 spiro atoms. The molecule has 1 aliphatic rings. The quantitative estimate of drug-likeness (QED) is 0.295. The van der Waals surface area contributed by atoms with Crippen molar-refractivity contribution in [2.24, 2.45) is 0 Å². The fourth-order valence-electron chi connectivity index (χ4n) is 3.60. The summed E-state index contributed by atoms with van der Waals surface area (Å²) < 4.78 is 0. The zero-order chi connectivity index (χ0) is 22.3. The maximum Gasteiger partial charge on any atom is 0.337 e. The summed E-state index contributed by atoms with van der Waals surface area (Å²) in [4.78, 5) is 28.1. The van der Waals surface area contributed by atoms with Gasteiger partial charge in [0, 0.05) is 33.3 Å².